The molecule has 1 amide bonds. The molecule has 0 atom stereocenters. The fourth-order valence-electron chi connectivity index (χ4n) is 2.68. The molecule has 6 nitrogen and oxygen atoms in total. The number of aryl methyl sites for hydroxylation is 1. The minimum absolute atomic E-state index is 0. The Morgan fingerprint density at radius 2 is 2.00 bits per heavy atom. The lowest BCUT2D eigenvalue weighted by Gasteiger charge is -2.22. The van der Waals surface area contributed by atoms with Gasteiger partial charge in [-0.25, -0.2) is 4.79 Å². The first-order valence-electron chi connectivity index (χ1n) is 8.00. The summed E-state index contributed by atoms with van der Waals surface area (Å²) in [5, 5.41) is 6.00. The number of carbonyl (C=O) groups is 2. The first-order chi connectivity index (χ1) is 11.6. The van der Waals surface area contributed by atoms with Gasteiger partial charge in [-0.3, -0.25) is 4.79 Å². The average Bonchev–Trinajstić information content (AvgIpc) is 3.02. The Labute approximate surface area is 152 Å². The number of esters is 1. The summed E-state index contributed by atoms with van der Waals surface area (Å²) in [5.74, 6) is -0.0865. The number of rotatable bonds is 4. The topological polar surface area (TPSA) is 80.6 Å². The molecule has 0 bridgehead atoms. The van der Waals surface area contributed by atoms with Crippen LogP contribution in [0.1, 0.15) is 39.3 Å². The largest absolute Gasteiger partial charge is 0.469 e. The summed E-state index contributed by atoms with van der Waals surface area (Å²) in [4.78, 5) is 24.5. The third-order valence-electron chi connectivity index (χ3n) is 4.02. The Morgan fingerprint density at radius 1 is 1.24 bits per heavy atom. The lowest BCUT2D eigenvalue weighted by molar-refractivity contribution is 0.0229. The number of ether oxygens (including phenoxy) is 1. The fourth-order valence-corrected chi connectivity index (χ4v) is 2.68. The maximum Gasteiger partial charge on any atom is 0.338 e. The number of anilines is 1. The van der Waals surface area contributed by atoms with E-state index in [-0.39, 0.29) is 30.4 Å². The van der Waals surface area contributed by atoms with E-state index >= 15 is 0 Å². The highest BCUT2D eigenvalue weighted by Crippen LogP contribution is 2.17. The molecule has 1 fully saturated rings. The monoisotopic (exact) mass is 364 g/mol. The van der Waals surface area contributed by atoms with Crippen LogP contribution in [0.15, 0.2) is 41.0 Å². The summed E-state index contributed by atoms with van der Waals surface area (Å²) in [6, 6.07) is 8.37. The number of carbonyl (C=O) groups excluding carboxylic acids is 2. The van der Waals surface area contributed by atoms with Crippen molar-refractivity contribution in [1.29, 1.82) is 0 Å². The molecule has 1 aliphatic rings. The number of hydrogen-bond acceptors (Lipinski definition) is 5. The smallest absolute Gasteiger partial charge is 0.338 e. The highest BCUT2D eigenvalue weighted by atomic mass is 35.5. The van der Waals surface area contributed by atoms with Gasteiger partial charge in [0, 0.05) is 5.69 Å². The van der Waals surface area contributed by atoms with Gasteiger partial charge in [-0.05, 0) is 57.1 Å². The van der Waals surface area contributed by atoms with Crippen molar-refractivity contribution >= 4 is 30.0 Å². The number of piperidine rings is 1. The highest BCUT2D eigenvalue weighted by Gasteiger charge is 2.19. The molecule has 7 heteroatoms. The summed E-state index contributed by atoms with van der Waals surface area (Å²) in [6.07, 6.45) is 3.06. The number of nitrogens with one attached hydrogen (secondary N) is 2. The lowest BCUT2D eigenvalue weighted by Crippen LogP contribution is -2.33. The van der Waals surface area contributed by atoms with E-state index < -0.39 is 0 Å². The van der Waals surface area contributed by atoms with Gasteiger partial charge in [0.15, 0.2) is 0 Å². The Hall–Kier alpha value is -2.31. The molecule has 2 aromatic rings. The predicted molar refractivity (Wildman–Crippen MR) is 96.4 cm³/mol. The number of furan rings is 1. The minimum Gasteiger partial charge on any atom is -0.469 e. The van der Waals surface area contributed by atoms with Crippen molar-refractivity contribution < 1.29 is 18.7 Å². The molecule has 2 heterocycles. The summed E-state index contributed by atoms with van der Waals surface area (Å²) >= 11 is 0. The van der Waals surface area contributed by atoms with E-state index in [9.17, 15) is 9.59 Å². The molecular weight excluding hydrogens is 344 g/mol. The quantitative estimate of drug-likeness (QED) is 0.814. The van der Waals surface area contributed by atoms with Crippen LogP contribution in [0.4, 0.5) is 5.69 Å². The van der Waals surface area contributed by atoms with Crippen molar-refractivity contribution in [3.8, 4) is 0 Å². The summed E-state index contributed by atoms with van der Waals surface area (Å²) < 4.78 is 10.7. The minimum atomic E-state index is -0.363. The van der Waals surface area contributed by atoms with Gasteiger partial charge >= 0.3 is 5.97 Å². The number of benzene rings is 1. The normalized spacial score (nSPS) is 14.4. The van der Waals surface area contributed by atoms with Crippen LogP contribution in [0, 0.1) is 6.92 Å². The van der Waals surface area contributed by atoms with Crippen LogP contribution >= 0.6 is 12.4 Å². The van der Waals surface area contributed by atoms with Gasteiger partial charge in [0.25, 0.3) is 5.91 Å². The second-order valence-electron chi connectivity index (χ2n) is 5.78. The Balaban J connectivity index is 0.00000225. The Bertz CT molecular complexity index is 738. The van der Waals surface area contributed by atoms with Crippen LogP contribution in [-0.4, -0.2) is 31.1 Å². The van der Waals surface area contributed by atoms with Gasteiger partial charge < -0.3 is 19.8 Å². The zero-order valence-corrected chi connectivity index (χ0v) is 14.7. The van der Waals surface area contributed by atoms with E-state index in [4.69, 9.17) is 9.15 Å². The zero-order chi connectivity index (χ0) is 16.9. The van der Waals surface area contributed by atoms with Crippen molar-refractivity contribution in [2.75, 3.05) is 18.4 Å². The van der Waals surface area contributed by atoms with Crippen molar-refractivity contribution in [2.24, 2.45) is 0 Å². The van der Waals surface area contributed by atoms with Crippen molar-refractivity contribution in [1.82, 2.24) is 5.32 Å². The second kappa shape index (κ2) is 8.69. The molecule has 0 spiro atoms. The van der Waals surface area contributed by atoms with Crippen LogP contribution in [0.3, 0.4) is 0 Å². The molecule has 134 valence electrons. The molecule has 1 aromatic carbocycles. The maximum atomic E-state index is 12.3. The van der Waals surface area contributed by atoms with Gasteiger partial charge in [-0.2, -0.15) is 0 Å². The van der Waals surface area contributed by atoms with Crippen LogP contribution in [0.5, 0.6) is 0 Å². The van der Waals surface area contributed by atoms with Crippen LogP contribution in [0.2, 0.25) is 0 Å². The van der Waals surface area contributed by atoms with Crippen molar-refractivity contribution in [3.63, 3.8) is 0 Å². The molecule has 2 N–H and O–H groups in total. The van der Waals surface area contributed by atoms with Crippen LogP contribution in [-0.2, 0) is 4.74 Å². The van der Waals surface area contributed by atoms with E-state index in [2.05, 4.69) is 10.6 Å². The Kier molecular flexibility index (Phi) is 6.61. The first-order valence-corrected chi connectivity index (χ1v) is 8.00. The number of hydrogen-bond donors (Lipinski definition) is 2. The molecule has 0 aliphatic carbocycles. The summed E-state index contributed by atoms with van der Waals surface area (Å²) in [5.41, 5.74) is 1.44. The SMILES string of the molecule is Cc1occc1C(=O)Nc1cccc(C(=O)OC2CCNCC2)c1.Cl. The fraction of sp³-hybridized carbons (Fsp3) is 0.333. The third kappa shape index (κ3) is 4.84. The molecule has 1 aliphatic heterocycles. The molecule has 1 saturated heterocycles. The van der Waals surface area contributed by atoms with Gasteiger partial charge in [0.2, 0.25) is 0 Å². The lowest BCUT2D eigenvalue weighted by atomic mass is 10.1. The van der Waals surface area contributed by atoms with E-state index in [1.807, 2.05) is 0 Å². The average molecular weight is 365 g/mol. The molecule has 0 unspecified atom stereocenters. The van der Waals surface area contributed by atoms with Crippen LogP contribution in [0.25, 0.3) is 0 Å². The van der Waals surface area contributed by atoms with Gasteiger partial charge in [-0.1, -0.05) is 6.07 Å². The molecule has 1 aromatic heterocycles. The third-order valence-corrected chi connectivity index (χ3v) is 4.02. The maximum absolute atomic E-state index is 12.3. The molecule has 25 heavy (non-hydrogen) atoms. The first kappa shape index (κ1) is 19.0. The van der Waals surface area contributed by atoms with E-state index in [1.54, 1.807) is 37.3 Å². The van der Waals surface area contributed by atoms with Gasteiger partial charge in [-0.15, -0.1) is 12.4 Å². The second-order valence-corrected chi connectivity index (χ2v) is 5.78. The Morgan fingerprint density at radius 3 is 2.68 bits per heavy atom. The van der Waals surface area contributed by atoms with E-state index in [0.717, 1.165) is 25.9 Å². The highest BCUT2D eigenvalue weighted by molar-refractivity contribution is 6.05. The standard InChI is InChI=1S/C18H20N2O4.ClH/c1-12-16(7-10-23-12)17(21)20-14-4-2-3-13(11-14)18(22)24-15-5-8-19-9-6-15;/h2-4,7,10-11,15,19H,5-6,8-9H2,1H3,(H,20,21);1H. The summed E-state index contributed by atoms with van der Waals surface area (Å²) in [6.45, 7) is 3.44. The zero-order valence-electron chi connectivity index (χ0n) is 13.9. The van der Waals surface area contributed by atoms with Gasteiger partial charge in [0.05, 0.1) is 17.4 Å². The molecule has 3 rings (SSSR count). The molecular formula is C18H21ClN2O4. The van der Waals surface area contributed by atoms with Crippen molar-refractivity contribution in [2.45, 2.75) is 25.9 Å². The van der Waals surface area contributed by atoms with Gasteiger partial charge in [0.1, 0.15) is 11.9 Å². The molecule has 0 saturated carbocycles. The van der Waals surface area contributed by atoms with E-state index in [0.29, 0.717) is 22.6 Å². The number of halogens is 1. The number of amides is 1. The van der Waals surface area contributed by atoms with Crippen molar-refractivity contribution in [3.05, 3.63) is 53.5 Å². The van der Waals surface area contributed by atoms with E-state index in [1.165, 1.54) is 6.26 Å². The predicted octanol–water partition coefficient (Wildman–Crippen LogP) is 3.17. The summed E-state index contributed by atoms with van der Waals surface area (Å²) in [7, 11) is 0. The molecule has 0 radical (unpaired) electrons. The van der Waals surface area contributed by atoms with Crippen LogP contribution < -0.4 is 10.6 Å².